The first-order chi connectivity index (χ1) is 12.4. The number of rotatable bonds is 5. The number of nitriles is 1. The second-order valence-corrected chi connectivity index (χ2v) is 10.0. The van der Waals surface area contributed by atoms with Gasteiger partial charge >= 0.3 is 0 Å². The van der Waals surface area contributed by atoms with Crippen LogP contribution in [0.2, 0.25) is 0 Å². The number of hydrogen-bond acceptors (Lipinski definition) is 6. The number of thioether (sulfide) groups is 1. The Balaban J connectivity index is 1.71. The summed E-state index contributed by atoms with van der Waals surface area (Å²) in [5, 5.41) is 13.0. The van der Waals surface area contributed by atoms with Crippen molar-refractivity contribution in [3.8, 4) is 6.07 Å². The zero-order valence-electron chi connectivity index (χ0n) is 14.9. The van der Waals surface area contributed by atoms with Crippen molar-refractivity contribution in [1.29, 1.82) is 5.26 Å². The van der Waals surface area contributed by atoms with Crippen molar-refractivity contribution in [3.63, 3.8) is 0 Å². The van der Waals surface area contributed by atoms with Crippen LogP contribution in [0.15, 0.2) is 5.03 Å². The van der Waals surface area contributed by atoms with Crippen LogP contribution in [-0.4, -0.2) is 42.6 Å². The minimum absolute atomic E-state index is 0.0178. The SMILES string of the molecule is CCc1nc(SCC(=O)NC2CCS(=O)(=O)C2)c(C#N)c2c1CCCC2. The van der Waals surface area contributed by atoms with Crippen LogP contribution in [0.3, 0.4) is 0 Å². The third-order valence-corrected chi connectivity index (χ3v) is 7.70. The van der Waals surface area contributed by atoms with Crippen molar-refractivity contribution < 1.29 is 13.2 Å². The summed E-state index contributed by atoms with van der Waals surface area (Å²) in [6, 6.07) is 1.99. The van der Waals surface area contributed by atoms with E-state index in [2.05, 4.69) is 23.3 Å². The molecule has 6 nitrogen and oxygen atoms in total. The average molecular weight is 394 g/mol. The van der Waals surface area contributed by atoms with Crippen molar-refractivity contribution in [2.75, 3.05) is 17.3 Å². The first-order valence-electron chi connectivity index (χ1n) is 9.00. The number of amides is 1. The topological polar surface area (TPSA) is 99.9 Å². The molecule has 0 radical (unpaired) electrons. The van der Waals surface area contributed by atoms with Gasteiger partial charge in [-0.15, -0.1) is 0 Å². The first kappa shape index (κ1) is 19.2. The lowest BCUT2D eigenvalue weighted by Crippen LogP contribution is -2.36. The zero-order chi connectivity index (χ0) is 18.7. The molecule has 1 amide bonds. The molecule has 2 aliphatic rings. The predicted molar refractivity (Wildman–Crippen MR) is 101 cm³/mol. The van der Waals surface area contributed by atoms with E-state index in [9.17, 15) is 18.5 Å². The van der Waals surface area contributed by atoms with Crippen molar-refractivity contribution >= 4 is 27.5 Å². The fourth-order valence-electron chi connectivity index (χ4n) is 3.70. The maximum atomic E-state index is 12.2. The molecule has 0 saturated carbocycles. The number of aryl methyl sites for hydroxylation is 1. The molecule has 140 valence electrons. The van der Waals surface area contributed by atoms with Crippen molar-refractivity contribution in [2.45, 2.75) is 56.5 Å². The largest absolute Gasteiger partial charge is 0.352 e. The van der Waals surface area contributed by atoms with Crippen molar-refractivity contribution in [1.82, 2.24) is 10.3 Å². The highest BCUT2D eigenvalue weighted by atomic mass is 32.2. The normalized spacial score (nSPS) is 21.0. The van der Waals surface area contributed by atoms with Gasteiger partial charge in [0.2, 0.25) is 5.91 Å². The molecule has 2 heterocycles. The quantitative estimate of drug-likeness (QED) is 0.766. The molecular formula is C18H23N3O3S2. The summed E-state index contributed by atoms with van der Waals surface area (Å²) in [4.78, 5) is 16.9. The molecule has 1 aliphatic heterocycles. The van der Waals surface area contributed by atoms with Crippen LogP contribution in [0.1, 0.15) is 48.6 Å². The molecule has 3 rings (SSSR count). The lowest BCUT2D eigenvalue weighted by Gasteiger charge is -2.21. The maximum absolute atomic E-state index is 12.2. The second kappa shape index (κ2) is 7.97. The fourth-order valence-corrected chi connectivity index (χ4v) is 6.21. The highest BCUT2D eigenvalue weighted by Gasteiger charge is 2.29. The summed E-state index contributed by atoms with van der Waals surface area (Å²) < 4.78 is 23.0. The minimum Gasteiger partial charge on any atom is -0.352 e. The second-order valence-electron chi connectivity index (χ2n) is 6.82. The molecule has 1 atom stereocenters. The van der Waals surface area contributed by atoms with Gasteiger partial charge in [0.05, 0.1) is 22.8 Å². The molecule has 1 unspecified atom stereocenters. The van der Waals surface area contributed by atoms with E-state index in [0.717, 1.165) is 43.4 Å². The summed E-state index contributed by atoms with van der Waals surface area (Å²) in [5.74, 6) is 0.0820. The van der Waals surface area contributed by atoms with E-state index in [0.29, 0.717) is 17.0 Å². The van der Waals surface area contributed by atoms with E-state index in [-0.39, 0.29) is 29.2 Å². The number of fused-ring (bicyclic) bond motifs is 1. The monoisotopic (exact) mass is 393 g/mol. The van der Waals surface area contributed by atoms with Crippen LogP contribution in [0.4, 0.5) is 0 Å². The summed E-state index contributed by atoms with van der Waals surface area (Å²) in [5.41, 5.74) is 3.97. The van der Waals surface area contributed by atoms with Gasteiger partial charge in [-0.05, 0) is 49.7 Å². The van der Waals surface area contributed by atoms with Crippen LogP contribution >= 0.6 is 11.8 Å². The van der Waals surface area contributed by atoms with Gasteiger partial charge in [0.1, 0.15) is 11.1 Å². The van der Waals surface area contributed by atoms with Gasteiger partial charge in [-0.25, -0.2) is 13.4 Å². The summed E-state index contributed by atoms with van der Waals surface area (Å²) in [6.07, 6.45) is 5.36. The van der Waals surface area contributed by atoms with Crippen molar-refractivity contribution in [2.24, 2.45) is 0 Å². The van der Waals surface area contributed by atoms with Gasteiger partial charge in [-0.2, -0.15) is 5.26 Å². The molecule has 0 bridgehead atoms. The van der Waals surface area contributed by atoms with E-state index in [1.54, 1.807) is 0 Å². The number of pyridine rings is 1. The number of aromatic nitrogens is 1. The third-order valence-electron chi connectivity index (χ3n) is 4.95. The molecule has 1 saturated heterocycles. The highest BCUT2D eigenvalue weighted by molar-refractivity contribution is 8.00. The molecule has 26 heavy (non-hydrogen) atoms. The van der Waals surface area contributed by atoms with Gasteiger partial charge in [-0.1, -0.05) is 18.7 Å². The Labute approximate surface area is 158 Å². The smallest absolute Gasteiger partial charge is 0.230 e. The number of carbonyl (C=O) groups excluding carboxylic acids is 1. The summed E-state index contributed by atoms with van der Waals surface area (Å²) in [6.45, 7) is 2.06. The molecule has 1 aliphatic carbocycles. The molecule has 8 heteroatoms. The van der Waals surface area contributed by atoms with E-state index in [1.807, 2.05) is 0 Å². The van der Waals surface area contributed by atoms with Gasteiger partial charge in [0, 0.05) is 11.7 Å². The maximum Gasteiger partial charge on any atom is 0.230 e. The number of sulfone groups is 1. The standard InChI is InChI=1S/C18H23N3O3S2/c1-2-16-14-6-4-3-5-13(14)15(9-19)18(21-16)25-10-17(22)20-12-7-8-26(23,24)11-12/h12H,2-8,10-11H2,1H3,(H,20,22). The number of carbonyl (C=O) groups is 1. The average Bonchev–Trinajstić information content (AvgIpc) is 2.97. The summed E-state index contributed by atoms with van der Waals surface area (Å²) >= 11 is 1.27. The molecule has 1 aromatic heterocycles. The number of hydrogen-bond donors (Lipinski definition) is 1. The van der Waals surface area contributed by atoms with Gasteiger partial charge in [0.25, 0.3) is 0 Å². The Kier molecular flexibility index (Phi) is 5.88. The lowest BCUT2D eigenvalue weighted by molar-refractivity contribution is -0.119. The van der Waals surface area contributed by atoms with Crippen LogP contribution in [0.25, 0.3) is 0 Å². The Morgan fingerprint density at radius 3 is 2.69 bits per heavy atom. The summed E-state index contributed by atoms with van der Waals surface area (Å²) in [7, 11) is -3.02. The Morgan fingerprint density at radius 1 is 1.35 bits per heavy atom. The highest BCUT2D eigenvalue weighted by Crippen LogP contribution is 2.32. The van der Waals surface area contributed by atoms with Crippen LogP contribution < -0.4 is 5.32 Å². The predicted octanol–water partition coefficient (Wildman–Crippen LogP) is 1.79. The van der Waals surface area contributed by atoms with Crippen molar-refractivity contribution in [3.05, 3.63) is 22.4 Å². The Morgan fingerprint density at radius 2 is 2.08 bits per heavy atom. The molecule has 1 fully saturated rings. The minimum atomic E-state index is -3.02. The van der Waals surface area contributed by atoms with E-state index < -0.39 is 9.84 Å². The molecule has 0 aromatic carbocycles. The van der Waals surface area contributed by atoms with Gasteiger partial charge in [-0.3, -0.25) is 4.79 Å². The van der Waals surface area contributed by atoms with E-state index in [1.165, 1.54) is 17.3 Å². The van der Waals surface area contributed by atoms with Crippen LogP contribution in [0, 0.1) is 11.3 Å². The number of nitrogens with zero attached hydrogens (tertiary/aromatic N) is 2. The molecule has 1 aromatic rings. The first-order valence-corrected chi connectivity index (χ1v) is 11.8. The molecular weight excluding hydrogens is 370 g/mol. The van der Waals surface area contributed by atoms with Gasteiger partial charge in [0.15, 0.2) is 9.84 Å². The lowest BCUT2D eigenvalue weighted by atomic mass is 9.87. The van der Waals surface area contributed by atoms with Gasteiger partial charge < -0.3 is 5.32 Å². The Hall–Kier alpha value is -1.59. The Bertz CT molecular complexity index is 859. The third kappa shape index (κ3) is 4.21. The van der Waals surface area contributed by atoms with Crippen LogP contribution in [-0.2, 0) is 33.9 Å². The molecule has 1 N–H and O–H groups in total. The zero-order valence-corrected chi connectivity index (χ0v) is 16.5. The van der Waals surface area contributed by atoms with E-state index in [4.69, 9.17) is 0 Å². The fraction of sp³-hybridized carbons (Fsp3) is 0.611. The van der Waals surface area contributed by atoms with E-state index >= 15 is 0 Å². The van der Waals surface area contributed by atoms with Crippen LogP contribution in [0.5, 0.6) is 0 Å². The number of nitrogens with one attached hydrogen (secondary N) is 1. The molecule has 0 spiro atoms.